The van der Waals surface area contributed by atoms with E-state index >= 15 is 0 Å². The second-order valence-corrected chi connectivity index (χ2v) is 3.16. The van der Waals surface area contributed by atoms with E-state index in [9.17, 15) is 0 Å². The van der Waals surface area contributed by atoms with Gasteiger partial charge in [-0.25, -0.2) is 0 Å². The van der Waals surface area contributed by atoms with Gasteiger partial charge in [0.1, 0.15) is 0 Å². The van der Waals surface area contributed by atoms with Crippen molar-refractivity contribution in [1.82, 2.24) is 15.5 Å². The molecule has 58 valence electrons. The summed E-state index contributed by atoms with van der Waals surface area (Å²) in [4.78, 5) is 2.53. The summed E-state index contributed by atoms with van der Waals surface area (Å²) in [5, 5.41) is 6.67. The van der Waals surface area contributed by atoms with Crippen LogP contribution < -0.4 is 10.6 Å². The minimum Gasteiger partial charge on any atom is -0.314 e. The van der Waals surface area contributed by atoms with Crippen LogP contribution in [-0.2, 0) is 0 Å². The Morgan fingerprint density at radius 1 is 1.30 bits per heavy atom. The van der Waals surface area contributed by atoms with Gasteiger partial charge in [-0.15, -0.1) is 0 Å². The lowest BCUT2D eigenvalue weighted by molar-refractivity contribution is 0.243. The van der Waals surface area contributed by atoms with E-state index < -0.39 is 0 Å². The molecule has 10 heavy (non-hydrogen) atoms. The average Bonchev–Trinajstić information content (AvgIpc) is 2.74. The molecule has 0 aliphatic carbocycles. The minimum absolute atomic E-state index is 0.818. The van der Waals surface area contributed by atoms with E-state index in [1.54, 1.807) is 0 Å². The minimum atomic E-state index is 0.818. The third-order valence-corrected chi connectivity index (χ3v) is 2.18. The molecule has 2 N–H and O–H groups in total. The molecule has 0 aromatic carbocycles. The molecule has 0 aromatic heterocycles. The number of hydrogen-bond donors (Lipinski definition) is 2. The largest absolute Gasteiger partial charge is 0.314 e. The number of rotatable bonds is 2. The molecule has 2 aliphatic heterocycles. The van der Waals surface area contributed by atoms with Crippen molar-refractivity contribution in [2.75, 3.05) is 39.3 Å². The van der Waals surface area contributed by atoms with Crippen LogP contribution in [0.3, 0.4) is 0 Å². The first-order valence-electron chi connectivity index (χ1n) is 4.11. The quantitative estimate of drug-likeness (QED) is 0.477. The van der Waals surface area contributed by atoms with Crippen molar-refractivity contribution in [3.63, 3.8) is 0 Å². The SMILES string of the molecule is C1CN(C[C@@H]2CN2)CCN1. The first-order chi connectivity index (χ1) is 4.95. The van der Waals surface area contributed by atoms with Gasteiger partial charge in [0.05, 0.1) is 0 Å². The summed E-state index contributed by atoms with van der Waals surface area (Å²) in [7, 11) is 0. The normalized spacial score (nSPS) is 34.2. The van der Waals surface area contributed by atoms with Gasteiger partial charge in [0.25, 0.3) is 0 Å². The van der Waals surface area contributed by atoms with Crippen LogP contribution in [0.4, 0.5) is 0 Å². The number of nitrogens with zero attached hydrogens (tertiary/aromatic N) is 1. The zero-order valence-corrected chi connectivity index (χ0v) is 6.27. The van der Waals surface area contributed by atoms with Crippen molar-refractivity contribution in [3.05, 3.63) is 0 Å². The molecule has 0 amide bonds. The van der Waals surface area contributed by atoms with Crippen LogP contribution in [0.15, 0.2) is 0 Å². The third-order valence-electron chi connectivity index (χ3n) is 2.18. The molecule has 0 bridgehead atoms. The van der Waals surface area contributed by atoms with Crippen LogP contribution in [0.25, 0.3) is 0 Å². The molecule has 3 heteroatoms. The van der Waals surface area contributed by atoms with Crippen molar-refractivity contribution in [2.45, 2.75) is 6.04 Å². The zero-order chi connectivity index (χ0) is 6.81. The molecule has 1 atom stereocenters. The number of hydrogen-bond acceptors (Lipinski definition) is 3. The van der Waals surface area contributed by atoms with E-state index in [0.29, 0.717) is 0 Å². The molecule has 2 fully saturated rings. The molecular formula is C7H15N3. The predicted molar refractivity (Wildman–Crippen MR) is 41.1 cm³/mol. The fraction of sp³-hybridized carbons (Fsp3) is 1.00. The Hall–Kier alpha value is -0.120. The summed E-state index contributed by atoms with van der Waals surface area (Å²) in [6, 6.07) is 0.818. The summed E-state index contributed by atoms with van der Waals surface area (Å²) in [5.41, 5.74) is 0. The zero-order valence-electron chi connectivity index (χ0n) is 6.27. The van der Waals surface area contributed by atoms with Gasteiger partial charge in [0.2, 0.25) is 0 Å². The molecule has 2 saturated heterocycles. The van der Waals surface area contributed by atoms with Crippen molar-refractivity contribution in [1.29, 1.82) is 0 Å². The van der Waals surface area contributed by atoms with E-state index in [1.807, 2.05) is 0 Å². The van der Waals surface area contributed by atoms with Gasteiger partial charge in [-0.3, -0.25) is 4.90 Å². The lowest BCUT2D eigenvalue weighted by Gasteiger charge is -2.26. The van der Waals surface area contributed by atoms with E-state index in [4.69, 9.17) is 0 Å². The van der Waals surface area contributed by atoms with Gasteiger partial charge < -0.3 is 10.6 Å². The Balaban J connectivity index is 1.69. The molecule has 0 aromatic rings. The maximum atomic E-state index is 3.35. The molecule has 2 rings (SSSR count). The van der Waals surface area contributed by atoms with Crippen LogP contribution in [0.1, 0.15) is 0 Å². The molecule has 0 spiro atoms. The molecule has 2 aliphatic rings. The van der Waals surface area contributed by atoms with E-state index in [2.05, 4.69) is 15.5 Å². The highest BCUT2D eigenvalue weighted by molar-refractivity contribution is 4.87. The van der Waals surface area contributed by atoms with Crippen molar-refractivity contribution >= 4 is 0 Å². The highest BCUT2D eigenvalue weighted by atomic mass is 15.2. The monoisotopic (exact) mass is 141 g/mol. The van der Waals surface area contributed by atoms with Gasteiger partial charge in [0.15, 0.2) is 0 Å². The van der Waals surface area contributed by atoms with Gasteiger partial charge in [0, 0.05) is 45.3 Å². The molecule has 2 heterocycles. The number of piperazine rings is 1. The van der Waals surface area contributed by atoms with Gasteiger partial charge in [-0.05, 0) is 0 Å². The van der Waals surface area contributed by atoms with Crippen LogP contribution in [0.2, 0.25) is 0 Å². The van der Waals surface area contributed by atoms with Crippen molar-refractivity contribution < 1.29 is 0 Å². The lowest BCUT2D eigenvalue weighted by Crippen LogP contribution is -2.45. The fourth-order valence-electron chi connectivity index (χ4n) is 1.42. The Labute approximate surface area is 61.8 Å². The molecule has 0 radical (unpaired) electrons. The van der Waals surface area contributed by atoms with E-state index in [0.717, 1.165) is 6.04 Å². The second-order valence-electron chi connectivity index (χ2n) is 3.16. The highest BCUT2D eigenvalue weighted by Gasteiger charge is 2.23. The first kappa shape index (κ1) is 6.58. The first-order valence-corrected chi connectivity index (χ1v) is 4.11. The van der Waals surface area contributed by atoms with Crippen LogP contribution in [-0.4, -0.2) is 50.2 Å². The second kappa shape index (κ2) is 2.86. The fourth-order valence-corrected chi connectivity index (χ4v) is 1.42. The van der Waals surface area contributed by atoms with Gasteiger partial charge >= 0.3 is 0 Å². The van der Waals surface area contributed by atoms with E-state index in [-0.39, 0.29) is 0 Å². The molecule has 0 saturated carbocycles. The maximum absolute atomic E-state index is 3.35. The molecular weight excluding hydrogens is 126 g/mol. The van der Waals surface area contributed by atoms with Gasteiger partial charge in [-0.2, -0.15) is 0 Å². The smallest absolute Gasteiger partial charge is 0.0320 e. The standard InChI is InChI=1S/C7H15N3/c1-3-10(4-2-8-1)6-7-5-9-7/h7-9H,1-6H2/t7-/m0/s1. The Kier molecular flexibility index (Phi) is 1.88. The Bertz CT molecular complexity index is 105. The summed E-state index contributed by atoms with van der Waals surface area (Å²) < 4.78 is 0. The third kappa shape index (κ3) is 1.68. The predicted octanol–water partition coefficient (Wildman–Crippen LogP) is -1.14. The van der Waals surface area contributed by atoms with E-state index in [1.165, 1.54) is 39.3 Å². The Morgan fingerprint density at radius 2 is 2.00 bits per heavy atom. The van der Waals surface area contributed by atoms with Gasteiger partial charge in [-0.1, -0.05) is 0 Å². The molecule has 0 unspecified atom stereocenters. The highest BCUT2D eigenvalue weighted by Crippen LogP contribution is 2.01. The van der Waals surface area contributed by atoms with Crippen LogP contribution in [0, 0.1) is 0 Å². The Morgan fingerprint density at radius 3 is 2.60 bits per heavy atom. The summed E-state index contributed by atoms with van der Waals surface area (Å²) in [5.74, 6) is 0. The summed E-state index contributed by atoms with van der Waals surface area (Å²) in [6.07, 6.45) is 0. The van der Waals surface area contributed by atoms with Crippen molar-refractivity contribution in [3.8, 4) is 0 Å². The van der Waals surface area contributed by atoms with Crippen molar-refractivity contribution in [2.24, 2.45) is 0 Å². The van der Waals surface area contributed by atoms with Crippen LogP contribution >= 0.6 is 0 Å². The maximum Gasteiger partial charge on any atom is 0.0320 e. The average molecular weight is 141 g/mol. The summed E-state index contributed by atoms with van der Waals surface area (Å²) in [6.45, 7) is 7.32. The lowest BCUT2D eigenvalue weighted by atomic mass is 10.3. The number of nitrogens with one attached hydrogen (secondary N) is 2. The van der Waals surface area contributed by atoms with Crippen LogP contribution in [0.5, 0.6) is 0 Å². The topological polar surface area (TPSA) is 37.2 Å². The molecule has 3 nitrogen and oxygen atoms in total. The summed E-state index contributed by atoms with van der Waals surface area (Å²) >= 11 is 0.